The van der Waals surface area contributed by atoms with Crippen molar-refractivity contribution in [2.24, 2.45) is 11.8 Å². The summed E-state index contributed by atoms with van der Waals surface area (Å²) in [5.74, 6) is 0.925. The molecule has 1 heterocycles. The first kappa shape index (κ1) is 20.2. The Morgan fingerprint density at radius 2 is 2.15 bits per heavy atom. The van der Waals surface area contributed by atoms with Crippen molar-refractivity contribution in [2.75, 3.05) is 20.3 Å². The predicted molar refractivity (Wildman–Crippen MR) is 103 cm³/mol. The SMILES string of the molecule is COCC1CC(=O)NC2CC(NC(=O)COc3ccc(Cl)cc3Cl)CCC12. The van der Waals surface area contributed by atoms with Crippen molar-refractivity contribution in [1.82, 2.24) is 10.6 Å². The molecule has 3 rings (SSSR count). The van der Waals surface area contributed by atoms with Crippen LogP contribution in [-0.4, -0.2) is 44.2 Å². The molecule has 4 atom stereocenters. The fraction of sp³-hybridized carbons (Fsp3) is 0.579. The fourth-order valence-corrected chi connectivity index (χ4v) is 4.58. The molecular weight excluding hydrogens is 391 g/mol. The van der Waals surface area contributed by atoms with Gasteiger partial charge in [0.2, 0.25) is 5.91 Å². The highest BCUT2D eigenvalue weighted by molar-refractivity contribution is 6.35. The molecule has 2 aliphatic rings. The molecular formula is C19H24Cl2N2O4. The number of ether oxygens (including phenoxy) is 2. The predicted octanol–water partition coefficient (Wildman–Crippen LogP) is 2.81. The van der Waals surface area contributed by atoms with E-state index in [0.717, 1.165) is 19.3 Å². The number of nitrogens with one attached hydrogen (secondary N) is 2. The fourth-order valence-electron chi connectivity index (χ4n) is 4.11. The van der Waals surface area contributed by atoms with Crippen LogP contribution in [0.4, 0.5) is 0 Å². The highest BCUT2D eigenvalue weighted by Crippen LogP contribution is 2.35. The first-order chi connectivity index (χ1) is 13.0. The minimum absolute atomic E-state index is 0.0182. The molecule has 1 aliphatic heterocycles. The van der Waals surface area contributed by atoms with Crippen LogP contribution < -0.4 is 15.4 Å². The van der Waals surface area contributed by atoms with E-state index in [0.29, 0.717) is 34.7 Å². The summed E-state index contributed by atoms with van der Waals surface area (Å²) in [7, 11) is 1.67. The van der Waals surface area contributed by atoms with Crippen LogP contribution in [-0.2, 0) is 14.3 Å². The van der Waals surface area contributed by atoms with Gasteiger partial charge in [-0.3, -0.25) is 9.59 Å². The highest BCUT2D eigenvalue weighted by atomic mass is 35.5. The minimum Gasteiger partial charge on any atom is -0.482 e. The lowest BCUT2D eigenvalue weighted by Gasteiger charge is -2.43. The number of carbonyl (C=O) groups excluding carboxylic acids is 2. The standard InChI is InChI=1S/C19H24Cl2N2O4/c1-26-9-11-6-18(24)23-16-8-13(3-4-14(11)16)22-19(25)10-27-17-5-2-12(20)7-15(17)21/h2,5,7,11,13-14,16H,3-4,6,8-10H2,1H3,(H,22,25)(H,23,24). The smallest absolute Gasteiger partial charge is 0.258 e. The number of hydrogen-bond acceptors (Lipinski definition) is 4. The van der Waals surface area contributed by atoms with E-state index in [9.17, 15) is 9.59 Å². The van der Waals surface area contributed by atoms with Crippen LogP contribution in [0.3, 0.4) is 0 Å². The number of piperidine rings is 1. The molecule has 0 spiro atoms. The summed E-state index contributed by atoms with van der Waals surface area (Å²) in [6.45, 7) is 0.478. The van der Waals surface area contributed by atoms with Crippen molar-refractivity contribution in [3.63, 3.8) is 0 Å². The van der Waals surface area contributed by atoms with Crippen molar-refractivity contribution >= 4 is 35.0 Å². The van der Waals surface area contributed by atoms with Crippen LogP contribution >= 0.6 is 23.2 Å². The molecule has 1 saturated heterocycles. The van der Waals surface area contributed by atoms with E-state index in [-0.39, 0.29) is 36.4 Å². The second kappa shape index (κ2) is 9.13. The number of amides is 2. The van der Waals surface area contributed by atoms with Gasteiger partial charge >= 0.3 is 0 Å². The summed E-state index contributed by atoms with van der Waals surface area (Å²) < 4.78 is 10.8. The van der Waals surface area contributed by atoms with E-state index < -0.39 is 0 Å². The van der Waals surface area contributed by atoms with Gasteiger partial charge < -0.3 is 20.1 Å². The number of methoxy groups -OCH3 is 1. The Kier molecular flexibility index (Phi) is 6.84. The van der Waals surface area contributed by atoms with E-state index in [1.54, 1.807) is 25.3 Å². The van der Waals surface area contributed by atoms with Gasteiger partial charge in [0.1, 0.15) is 5.75 Å². The zero-order valence-corrected chi connectivity index (χ0v) is 16.7. The summed E-state index contributed by atoms with van der Waals surface area (Å²) in [4.78, 5) is 24.2. The Balaban J connectivity index is 1.50. The highest BCUT2D eigenvalue weighted by Gasteiger charge is 2.40. The molecule has 8 heteroatoms. The Morgan fingerprint density at radius 1 is 1.33 bits per heavy atom. The number of rotatable bonds is 6. The normalized spacial score (nSPS) is 27.4. The lowest BCUT2D eigenvalue weighted by molar-refractivity contribution is -0.128. The Bertz CT molecular complexity index is 700. The zero-order chi connectivity index (χ0) is 19.4. The van der Waals surface area contributed by atoms with Gasteiger partial charge in [-0.1, -0.05) is 23.2 Å². The molecule has 2 fully saturated rings. The average Bonchev–Trinajstić information content (AvgIpc) is 2.61. The first-order valence-electron chi connectivity index (χ1n) is 9.11. The quantitative estimate of drug-likeness (QED) is 0.749. The van der Waals surface area contributed by atoms with E-state index in [2.05, 4.69) is 10.6 Å². The van der Waals surface area contributed by atoms with Crippen LogP contribution in [0.5, 0.6) is 5.75 Å². The Hall–Kier alpha value is -1.50. The lowest BCUT2D eigenvalue weighted by Crippen LogP contribution is -2.56. The molecule has 1 saturated carbocycles. The van der Waals surface area contributed by atoms with Crippen LogP contribution in [0.1, 0.15) is 25.7 Å². The van der Waals surface area contributed by atoms with Crippen molar-refractivity contribution in [3.05, 3.63) is 28.2 Å². The number of halogens is 2. The number of benzene rings is 1. The van der Waals surface area contributed by atoms with Gasteiger partial charge in [0.15, 0.2) is 6.61 Å². The topological polar surface area (TPSA) is 76.7 Å². The van der Waals surface area contributed by atoms with Crippen LogP contribution in [0.2, 0.25) is 10.0 Å². The minimum atomic E-state index is -0.208. The summed E-state index contributed by atoms with van der Waals surface area (Å²) in [6.07, 6.45) is 3.07. The maximum absolute atomic E-state index is 12.2. The number of carbonyl (C=O) groups is 2. The average molecular weight is 415 g/mol. The summed E-state index contributed by atoms with van der Waals surface area (Å²) >= 11 is 11.9. The van der Waals surface area contributed by atoms with Crippen molar-refractivity contribution in [1.29, 1.82) is 0 Å². The molecule has 1 aliphatic carbocycles. The first-order valence-corrected chi connectivity index (χ1v) is 9.87. The second-order valence-corrected chi connectivity index (χ2v) is 8.04. The van der Waals surface area contributed by atoms with E-state index >= 15 is 0 Å². The molecule has 2 amide bonds. The Morgan fingerprint density at radius 3 is 2.89 bits per heavy atom. The van der Waals surface area contributed by atoms with Gasteiger partial charge in [-0.25, -0.2) is 0 Å². The second-order valence-electron chi connectivity index (χ2n) is 7.20. The van der Waals surface area contributed by atoms with E-state index in [4.69, 9.17) is 32.7 Å². The lowest BCUT2D eigenvalue weighted by atomic mass is 9.71. The monoisotopic (exact) mass is 414 g/mol. The maximum Gasteiger partial charge on any atom is 0.258 e. The maximum atomic E-state index is 12.2. The third kappa shape index (κ3) is 5.27. The molecule has 1 aromatic rings. The van der Waals surface area contributed by atoms with E-state index in [1.165, 1.54) is 0 Å². The summed E-state index contributed by atoms with van der Waals surface area (Å²) in [5.41, 5.74) is 0. The van der Waals surface area contributed by atoms with Crippen LogP contribution in [0, 0.1) is 11.8 Å². The van der Waals surface area contributed by atoms with Gasteiger partial charge in [0, 0.05) is 37.2 Å². The molecule has 0 bridgehead atoms. The molecule has 6 nitrogen and oxygen atoms in total. The van der Waals surface area contributed by atoms with E-state index in [1.807, 2.05) is 0 Å². The summed E-state index contributed by atoms with van der Waals surface area (Å²) in [5, 5.41) is 6.95. The third-order valence-corrected chi connectivity index (χ3v) is 5.83. The third-order valence-electron chi connectivity index (χ3n) is 5.30. The molecule has 27 heavy (non-hydrogen) atoms. The molecule has 2 N–H and O–H groups in total. The zero-order valence-electron chi connectivity index (χ0n) is 15.2. The van der Waals surface area contributed by atoms with Gasteiger partial charge in [-0.05, 0) is 49.3 Å². The van der Waals surface area contributed by atoms with Crippen LogP contribution in [0.15, 0.2) is 18.2 Å². The molecule has 148 valence electrons. The van der Waals surface area contributed by atoms with Gasteiger partial charge in [0.05, 0.1) is 5.02 Å². The Labute approximate surface area is 168 Å². The number of hydrogen-bond donors (Lipinski definition) is 2. The summed E-state index contributed by atoms with van der Waals surface area (Å²) in [6, 6.07) is 4.96. The number of fused-ring (bicyclic) bond motifs is 1. The molecule has 0 radical (unpaired) electrons. The van der Waals surface area contributed by atoms with Crippen molar-refractivity contribution in [3.8, 4) is 5.75 Å². The molecule has 0 aromatic heterocycles. The molecule has 4 unspecified atom stereocenters. The van der Waals surface area contributed by atoms with Gasteiger partial charge in [0.25, 0.3) is 5.91 Å². The molecule has 1 aromatic carbocycles. The van der Waals surface area contributed by atoms with Crippen molar-refractivity contribution < 1.29 is 19.1 Å². The van der Waals surface area contributed by atoms with Gasteiger partial charge in [-0.2, -0.15) is 0 Å². The largest absolute Gasteiger partial charge is 0.482 e. The van der Waals surface area contributed by atoms with Crippen molar-refractivity contribution in [2.45, 2.75) is 37.8 Å². The van der Waals surface area contributed by atoms with Crippen LogP contribution in [0.25, 0.3) is 0 Å². The van der Waals surface area contributed by atoms with Gasteiger partial charge in [-0.15, -0.1) is 0 Å².